The first-order valence-electron chi connectivity index (χ1n) is 16.0. The number of nitriles is 1. The van der Waals surface area contributed by atoms with Crippen LogP contribution >= 0.6 is 0 Å². The van der Waals surface area contributed by atoms with E-state index in [1.807, 2.05) is 24.3 Å². The Kier molecular flexibility index (Phi) is 5.44. The summed E-state index contributed by atoms with van der Waals surface area (Å²) in [5.74, 6) is 0.217. The Hall–Kier alpha value is -6.31. The van der Waals surface area contributed by atoms with E-state index in [9.17, 15) is 5.26 Å². The third kappa shape index (κ3) is 3.63. The first-order chi connectivity index (χ1) is 23.3. The van der Waals surface area contributed by atoms with Crippen LogP contribution < -0.4 is 4.90 Å². The standard InChI is InChI=1S/C43H27N3O/c44-26-27-12-11-18-33(43(27)46-38-21-8-1-13-28(38)29-14-2-9-22-39(29)46)30-15-3-6-19-36(30)45-37-20-7-4-16-31(37)34-24-35-32-17-5-10-23-41(32)47-42(35)25-40(34)45/h1-25,28,38H. The van der Waals surface area contributed by atoms with Crippen LogP contribution in [0.25, 0.3) is 60.6 Å². The van der Waals surface area contributed by atoms with Crippen LogP contribution in [0.1, 0.15) is 17.0 Å². The van der Waals surface area contributed by atoms with Crippen molar-refractivity contribution >= 4 is 55.1 Å². The monoisotopic (exact) mass is 601 g/mol. The Morgan fingerprint density at radius 2 is 1.32 bits per heavy atom. The van der Waals surface area contributed by atoms with Gasteiger partial charge < -0.3 is 13.9 Å². The molecule has 0 N–H and O–H groups in total. The van der Waals surface area contributed by atoms with E-state index in [1.165, 1.54) is 16.3 Å². The second-order valence-electron chi connectivity index (χ2n) is 12.4. The summed E-state index contributed by atoms with van der Waals surface area (Å²) in [6.07, 6.45) is 8.80. The van der Waals surface area contributed by atoms with Crippen LogP contribution in [0.15, 0.2) is 156 Å². The molecule has 2 aliphatic rings. The van der Waals surface area contributed by atoms with Gasteiger partial charge in [-0.3, -0.25) is 0 Å². The molecular formula is C43H27N3O. The zero-order valence-corrected chi connectivity index (χ0v) is 25.3. The summed E-state index contributed by atoms with van der Waals surface area (Å²) in [7, 11) is 0. The van der Waals surface area contributed by atoms with Gasteiger partial charge in [0.15, 0.2) is 0 Å². The molecule has 4 heteroatoms. The summed E-state index contributed by atoms with van der Waals surface area (Å²) >= 11 is 0. The quantitative estimate of drug-likeness (QED) is 0.202. The molecule has 1 aliphatic heterocycles. The van der Waals surface area contributed by atoms with Gasteiger partial charge in [-0.1, -0.05) is 109 Å². The van der Waals surface area contributed by atoms with Gasteiger partial charge in [0.2, 0.25) is 0 Å². The summed E-state index contributed by atoms with van der Waals surface area (Å²) in [6, 6.07) is 47.2. The number of hydrogen-bond donors (Lipinski definition) is 0. The summed E-state index contributed by atoms with van der Waals surface area (Å²) in [4.78, 5) is 2.38. The lowest BCUT2D eigenvalue weighted by atomic mass is 9.91. The molecule has 10 rings (SSSR count). The normalized spacial score (nSPS) is 16.7. The highest BCUT2D eigenvalue weighted by atomic mass is 16.3. The fourth-order valence-corrected chi connectivity index (χ4v) is 8.00. The van der Waals surface area contributed by atoms with Gasteiger partial charge in [-0.25, -0.2) is 0 Å². The smallest absolute Gasteiger partial charge is 0.137 e. The molecule has 2 aromatic heterocycles. The summed E-state index contributed by atoms with van der Waals surface area (Å²) < 4.78 is 8.76. The molecule has 4 nitrogen and oxygen atoms in total. The van der Waals surface area contributed by atoms with Crippen LogP contribution in [0.4, 0.5) is 11.4 Å². The molecular weight excluding hydrogens is 574 g/mol. The first kappa shape index (κ1) is 26.0. The van der Waals surface area contributed by atoms with Crippen molar-refractivity contribution < 1.29 is 4.42 Å². The molecule has 0 spiro atoms. The average molecular weight is 602 g/mol. The van der Waals surface area contributed by atoms with Crippen LogP contribution in [0.2, 0.25) is 0 Å². The fraction of sp³-hybridized carbons (Fsp3) is 0.0465. The van der Waals surface area contributed by atoms with Crippen molar-refractivity contribution in [3.8, 4) is 22.9 Å². The average Bonchev–Trinajstić information content (AvgIpc) is 3.77. The highest BCUT2D eigenvalue weighted by Crippen LogP contribution is 2.51. The summed E-state index contributed by atoms with van der Waals surface area (Å²) in [5.41, 5.74) is 11.1. The third-order valence-corrected chi connectivity index (χ3v) is 9.96. The van der Waals surface area contributed by atoms with Crippen LogP contribution in [-0.2, 0) is 0 Å². The number of anilines is 2. The van der Waals surface area contributed by atoms with Crippen LogP contribution in [0, 0.1) is 11.3 Å². The maximum absolute atomic E-state index is 10.6. The van der Waals surface area contributed by atoms with Gasteiger partial charge >= 0.3 is 0 Å². The fourth-order valence-electron chi connectivity index (χ4n) is 8.00. The number of hydrogen-bond acceptors (Lipinski definition) is 3. The number of aromatic nitrogens is 1. The van der Waals surface area contributed by atoms with Crippen LogP contribution in [0.5, 0.6) is 0 Å². The van der Waals surface area contributed by atoms with E-state index in [2.05, 4.69) is 143 Å². The second-order valence-corrected chi connectivity index (χ2v) is 12.4. The molecule has 0 fully saturated rings. The molecule has 2 unspecified atom stereocenters. The Balaban J connectivity index is 1.27. The van der Waals surface area contributed by atoms with Gasteiger partial charge in [-0.05, 0) is 42.0 Å². The van der Waals surface area contributed by atoms with E-state index in [0.717, 1.165) is 61.2 Å². The van der Waals surface area contributed by atoms with E-state index in [4.69, 9.17) is 4.42 Å². The molecule has 3 heterocycles. The predicted molar refractivity (Wildman–Crippen MR) is 192 cm³/mol. The van der Waals surface area contributed by atoms with E-state index in [-0.39, 0.29) is 12.0 Å². The lowest BCUT2D eigenvalue weighted by molar-refractivity contribution is 0.669. The number of rotatable bonds is 3. The number of benzene rings is 6. The number of para-hydroxylation sites is 5. The van der Waals surface area contributed by atoms with Crippen molar-refractivity contribution in [3.63, 3.8) is 0 Å². The molecule has 0 amide bonds. The van der Waals surface area contributed by atoms with Crippen molar-refractivity contribution in [2.45, 2.75) is 12.0 Å². The molecule has 8 aromatic rings. The number of furan rings is 1. The Bertz CT molecular complexity index is 2680. The number of nitrogens with zero attached hydrogens (tertiary/aromatic N) is 3. The van der Waals surface area contributed by atoms with Crippen molar-refractivity contribution in [1.82, 2.24) is 4.57 Å². The van der Waals surface area contributed by atoms with Crippen molar-refractivity contribution in [2.75, 3.05) is 4.90 Å². The largest absolute Gasteiger partial charge is 0.456 e. The second kappa shape index (κ2) is 9.84. The Labute approximate surface area is 271 Å². The molecule has 0 saturated carbocycles. The van der Waals surface area contributed by atoms with Gasteiger partial charge in [0, 0.05) is 50.3 Å². The Morgan fingerprint density at radius 1 is 0.574 bits per heavy atom. The molecule has 0 bridgehead atoms. The number of allylic oxidation sites excluding steroid dienone is 2. The topological polar surface area (TPSA) is 45.1 Å². The van der Waals surface area contributed by atoms with E-state index >= 15 is 0 Å². The van der Waals surface area contributed by atoms with Gasteiger partial charge in [-0.2, -0.15) is 5.26 Å². The third-order valence-electron chi connectivity index (χ3n) is 9.96. The predicted octanol–water partition coefficient (Wildman–Crippen LogP) is 11.0. The van der Waals surface area contributed by atoms with E-state index < -0.39 is 0 Å². The molecule has 2 atom stereocenters. The molecule has 1 aliphatic carbocycles. The van der Waals surface area contributed by atoms with Crippen molar-refractivity contribution in [3.05, 3.63) is 163 Å². The highest BCUT2D eigenvalue weighted by Gasteiger charge is 2.39. The Morgan fingerprint density at radius 3 is 2.23 bits per heavy atom. The zero-order chi connectivity index (χ0) is 31.1. The molecule has 0 saturated heterocycles. The first-order valence-corrected chi connectivity index (χ1v) is 16.0. The zero-order valence-electron chi connectivity index (χ0n) is 25.3. The highest BCUT2D eigenvalue weighted by molar-refractivity contribution is 6.17. The summed E-state index contributed by atoms with van der Waals surface area (Å²) in [5, 5.41) is 15.2. The van der Waals surface area contributed by atoms with Gasteiger partial charge in [-0.15, -0.1) is 0 Å². The summed E-state index contributed by atoms with van der Waals surface area (Å²) in [6.45, 7) is 0. The molecule has 220 valence electrons. The van der Waals surface area contributed by atoms with Crippen molar-refractivity contribution in [1.29, 1.82) is 5.26 Å². The van der Waals surface area contributed by atoms with Gasteiger partial charge in [0.25, 0.3) is 0 Å². The minimum atomic E-state index is 0.0763. The lowest BCUT2D eigenvalue weighted by Gasteiger charge is -2.31. The van der Waals surface area contributed by atoms with E-state index in [1.54, 1.807) is 0 Å². The minimum absolute atomic E-state index is 0.0763. The van der Waals surface area contributed by atoms with Crippen molar-refractivity contribution in [2.24, 2.45) is 0 Å². The lowest BCUT2D eigenvalue weighted by Crippen LogP contribution is -2.29. The van der Waals surface area contributed by atoms with Crippen LogP contribution in [-0.4, -0.2) is 10.6 Å². The number of fused-ring (bicyclic) bond motifs is 9. The SMILES string of the molecule is N#Cc1cccc(-c2ccccc2-n2c3ccccc3c3cc4c(cc32)oc2ccccc24)c1N1c2ccccc2C2C=CC=CC21. The van der Waals surface area contributed by atoms with Gasteiger partial charge in [0.1, 0.15) is 17.2 Å². The van der Waals surface area contributed by atoms with E-state index in [0.29, 0.717) is 5.56 Å². The maximum Gasteiger partial charge on any atom is 0.137 e. The molecule has 0 radical (unpaired) electrons. The maximum atomic E-state index is 10.6. The minimum Gasteiger partial charge on any atom is -0.456 e. The van der Waals surface area contributed by atoms with Crippen LogP contribution in [0.3, 0.4) is 0 Å². The molecule has 47 heavy (non-hydrogen) atoms. The van der Waals surface area contributed by atoms with Gasteiger partial charge in [0.05, 0.1) is 34.0 Å². The molecule has 6 aromatic carbocycles.